The van der Waals surface area contributed by atoms with Crippen LogP contribution >= 0.6 is 11.6 Å². The van der Waals surface area contributed by atoms with Crippen LogP contribution in [0, 0.1) is 16.7 Å². The van der Waals surface area contributed by atoms with Gasteiger partial charge in [-0.05, 0) is 41.0 Å². The summed E-state index contributed by atoms with van der Waals surface area (Å²) >= 11 is 6.35. The van der Waals surface area contributed by atoms with Crippen LogP contribution in [0.1, 0.15) is 49.8 Å². The van der Waals surface area contributed by atoms with E-state index in [2.05, 4.69) is 30.7 Å². The minimum atomic E-state index is -0.417. The molecule has 28 heavy (non-hydrogen) atoms. The van der Waals surface area contributed by atoms with Crippen molar-refractivity contribution >= 4 is 11.6 Å². The Morgan fingerprint density at radius 2 is 2.11 bits per heavy atom. The molecule has 2 heterocycles. The van der Waals surface area contributed by atoms with Crippen LogP contribution in [0.5, 0.6) is 5.75 Å². The standard InChI is InChI=1S/C21H24ClN3O3/c1-21(2,3)15-9-12-10-16(28-7-5-6-27-4)19(22)24-17(12)18-14(15)8-13(11-23)20(26)25-18/h8,10,15H,5-7,9H2,1-4H3,(H,25,26)/t15-/m0/s1. The third kappa shape index (κ3) is 3.91. The minimum absolute atomic E-state index is 0.0729. The van der Waals surface area contributed by atoms with Crippen LogP contribution in [0.2, 0.25) is 5.15 Å². The number of aromatic amines is 1. The second-order valence-electron chi connectivity index (χ2n) is 8.06. The molecule has 2 aromatic heterocycles. The fourth-order valence-corrected chi connectivity index (χ4v) is 3.77. The number of ether oxygens (including phenoxy) is 2. The highest BCUT2D eigenvalue weighted by molar-refractivity contribution is 6.31. The molecular formula is C21H24ClN3O3. The molecule has 2 aromatic rings. The van der Waals surface area contributed by atoms with Crippen molar-refractivity contribution in [3.8, 4) is 23.2 Å². The average Bonchev–Trinajstić information content (AvgIpc) is 2.64. The summed E-state index contributed by atoms with van der Waals surface area (Å²) in [4.78, 5) is 19.6. The summed E-state index contributed by atoms with van der Waals surface area (Å²) in [6, 6.07) is 5.58. The fourth-order valence-electron chi connectivity index (χ4n) is 3.57. The largest absolute Gasteiger partial charge is 0.490 e. The van der Waals surface area contributed by atoms with Gasteiger partial charge in [0.1, 0.15) is 11.6 Å². The first-order chi connectivity index (χ1) is 13.3. The SMILES string of the molecule is COCCCOc1cc2c(nc1Cl)-c1[nH]c(=O)c(C#N)cc1[C@@H](C(C)(C)C)C2. The number of nitriles is 1. The molecule has 7 heteroatoms. The van der Waals surface area contributed by atoms with Crippen molar-refractivity contribution in [3.63, 3.8) is 0 Å². The lowest BCUT2D eigenvalue weighted by Gasteiger charge is -2.36. The Morgan fingerprint density at radius 1 is 1.36 bits per heavy atom. The molecule has 0 radical (unpaired) electrons. The van der Waals surface area contributed by atoms with Gasteiger partial charge in [-0.25, -0.2) is 4.98 Å². The van der Waals surface area contributed by atoms with E-state index in [0.29, 0.717) is 30.4 Å². The second kappa shape index (κ2) is 7.94. The highest BCUT2D eigenvalue weighted by Gasteiger charge is 2.35. The van der Waals surface area contributed by atoms with Gasteiger partial charge in [0.25, 0.3) is 5.56 Å². The zero-order valence-corrected chi connectivity index (χ0v) is 17.3. The third-order valence-corrected chi connectivity index (χ3v) is 5.32. The summed E-state index contributed by atoms with van der Waals surface area (Å²) in [5, 5.41) is 9.52. The molecule has 0 bridgehead atoms. The Bertz CT molecular complexity index is 986. The van der Waals surface area contributed by atoms with Crippen LogP contribution in [0.25, 0.3) is 11.4 Å². The van der Waals surface area contributed by atoms with E-state index in [1.807, 2.05) is 12.1 Å². The number of pyridine rings is 2. The summed E-state index contributed by atoms with van der Waals surface area (Å²) in [6.45, 7) is 7.53. The molecule has 0 unspecified atom stereocenters. The molecule has 0 saturated carbocycles. The molecule has 1 N–H and O–H groups in total. The molecule has 0 saturated heterocycles. The predicted molar refractivity (Wildman–Crippen MR) is 108 cm³/mol. The molecule has 0 aliphatic heterocycles. The zero-order valence-electron chi connectivity index (χ0n) is 16.6. The van der Waals surface area contributed by atoms with E-state index in [1.165, 1.54) is 0 Å². The number of hydrogen-bond acceptors (Lipinski definition) is 5. The van der Waals surface area contributed by atoms with Crippen molar-refractivity contribution in [2.75, 3.05) is 20.3 Å². The van der Waals surface area contributed by atoms with E-state index in [0.717, 1.165) is 24.0 Å². The first-order valence-corrected chi connectivity index (χ1v) is 9.63. The summed E-state index contributed by atoms with van der Waals surface area (Å²) < 4.78 is 10.8. The van der Waals surface area contributed by atoms with Crippen molar-refractivity contribution in [3.05, 3.63) is 44.3 Å². The van der Waals surface area contributed by atoms with Crippen molar-refractivity contribution < 1.29 is 9.47 Å². The normalized spacial score (nSPS) is 15.5. The van der Waals surface area contributed by atoms with E-state index < -0.39 is 5.56 Å². The van der Waals surface area contributed by atoms with Crippen molar-refractivity contribution in [1.82, 2.24) is 9.97 Å². The predicted octanol–water partition coefficient (Wildman–Crippen LogP) is 4.06. The number of nitrogens with one attached hydrogen (secondary N) is 1. The first-order valence-electron chi connectivity index (χ1n) is 9.25. The molecule has 0 aromatic carbocycles. The zero-order chi connectivity index (χ0) is 20.5. The van der Waals surface area contributed by atoms with Gasteiger partial charge < -0.3 is 14.5 Å². The lowest BCUT2D eigenvalue weighted by Crippen LogP contribution is -2.27. The molecule has 0 spiro atoms. The summed E-state index contributed by atoms with van der Waals surface area (Å²) in [5.74, 6) is 0.645. The molecule has 0 fully saturated rings. The smallest absolute Gasteiger partial charge is 0.266 e. The van der Waals surface area contributed by atoms with E-state index in [9.17, 15) is 10.1 Å². The van der Waals surface area contributed by atoms with Gasteiger partial charge >= 0.3 is 0 Å². The minimum Gasteiger partial charge on any atom is -0.490 e. The maximum Gasteiger partial charge on any atom is 0.266 e. The van der Waals surface area contributed by atoms with Gasteiger partial charge in [0.2, 0.25) is 0 Å². The number of nitrogens with zero attached hydrogens (tertiary/aromatic N) is 2. The quantitative estimate of drug-likeness (QED) is 0.602. The van der Waals surface area contributed by atoms with Gasteiger partial charge in [0, 0.05) is 20.1 Å². The molecule has 6 nitrogen and oxygen atoms in total. The van der Waals surface area contributed by atoms with Crippen molar-refractivity contribution in [2.45, 2.75) is 39.5 Å². The Balaban J connectivity index is 2.09. The molecule has 1 aliphatic carbocycles. The first kappa shape index (κ1) is 20.4. The number of fused-ring (bicyclic) bond motifs is 3. The number of aromatic nitrogens is 2. The Morgan fingerprint density at radius 3 is 2.75 bits per heavy atom. The lowest BCUT2D eigenvalue weighted by atomic mass is 9.69. The monoisotopic (exact) mass is 401 g/mol. The summed E-state index contributed by atoms with van der Waals surface area (Å²) in [7, 11) is 1.65. The van der Waals surface area contributed by atoms with Crippen LogP contribution in [-0.4, -0.2) is 30.3 Å². The van der Waals surface area contributed by atoms with E-state index in [-0.39, 0.29) is 22.0 Å². The topological polar surface area (TPSA) is 88.0 Å². The van der Waals surface area contributed by atoms with E-state index >= 15 is 0 Å². The van der Waals surface area contributed by atoms with Crippen molar-refractivity contribution in [2.24, 2.45) is 5.41 Å². The fraction of sp³-hybridized carbons (Fsp3) is 0.476. The molecular weight excluding hydrogens is 378 g/mol. The number of H-pyrrole nitrogens is 1. The highest BCUT2D eigenvalue weighted by atomic mass is 35.5. The molecule has 1 atom stereocenters. The number of rotatable bonds is 5. The van der Waals surface area contributed by atoms with Gasteiger partial charge in [-0.3, -0.25) is 4.79 Å². The third-order valence-electron chi connectivity index (χ3n) is 5.05. The summed E-state index contributed by atoms with van der Waals surface area (Å²) in [5.41, 5.74) is 2.80. The van der Waals surface area contributed by atoms with E-state index in [4.69, 9.17) is 21.1 Å². The van der Waals surface area contributed by atoms with Gasteiger partial charge in [-0.1, -0.05) is 32.4 Å². The van der Waals surface area contributed by atoms with Crippen LogP contribution < -0.4 is 10.3 Å². The van der Waals surface area contributed by atoms with E-state index in [1.54, 1.807) is 13.2 Å². The Hall–Kier alpha value is -2.36. The molecule has 0 amide bonds. The van der Waals surface area contributed by atoms with Gasteiger partial charge in [-0.2, -0.15) is 5.26 Å². The van der Waals surface area contributed by atoms with Crippen LogP contribution in [0.3, 0.4) is 0 Å². The van der Waals surface area contributed by atoms with Crippen LogP contribution in [-0.2, 0) is 11.2 Å². The number of hydrogen-bond donors (Lipinski definition) is 1. The second-order valence-corrected chi connectivity index (χ2v) is 8.41. The number of halogens is 1. The highest BCUT2D eigenvalue weighted by Crippen LogP contribution is 2.47. The maximum absolute atomic E-state index is 12.3. The van der Waals surface area contributed by atoms with Crippen LogP contribution in [0.15, 0.2) is 16.9 Å². The maximum atomic E-state index is 12.3. The Kier molecular flexibility index (Phi) is 5.78. The van der Waals surface area contributed by atoms with Gasteiger partial charge in [0.15, 0.2) is 10.9 Å². The van der Waals surface area contributed by atoms with Crippen LogP contribution in [0.4, 0.5) is 0 Å². The van der Waals surface area contributed by atoms with Gasteiger partial charge in [-0.15, -0.1) is 0 Å². The molecule has 1 aliphatic rings. The van der Waals surface area contributed by atoms with Gasteiger partial charge in [0.05, 0.1) is 18.0 Å². The molecule has 3 rings (SSSR count). The summed E-state index contributed by atoms with van der Waals surface area (Å²) in [6.07, 6.45) is 1.48. The number of methoxy groups -OCH3 is 1. The Labute approximate surface area is 169 Å². The molecule has 148 valence electrons. The van der Waals surface area contributed by atoms with Crippen molar-refractivity contribution in [1.29, 1.82) is 5.26 Å². The average molecular weight is 402 g/mol. The lowest BCUT2D eigenvalue weighted by molar-refractivity contribution is 0.172.